The van der Waals surface area contributed by atoms with Gasteiger partial charge >= 0.3 is 0 Å². The maximum absolute atomic E-state index is 13.1. The minimum Gasteiger partial charge on any atom is -0.374 e. The predicted molar refractivity (Wildman–Crippen MR) is 120 cm³/mol. The lowest BCUT2D eigenvalue weighted by Crippen LogP contribution is -2.48. The van der Waals surface area contributed by atoms with Gasteiger partial charge in [0.2, 0.25) is 23.3 Å². The van der Waals surface area contributed by atoms with Crippen LogP contribution in [0, 0.1) is 12.8 Å². The third kappa shape index (κ3) is 4.38. The van der Waals surface area contributed by atoms with E-state index in [1.165, 1.54) is 25.5 Å². The Morgan fingerprint density at radius 3 is 2.78 bits per heavy atom. The summed E-state index contributed by atoms with van der Waals surface area (Å²) in [6, 6.07) is 1.11. The molecule has 3 heterocycles. The molecule has 32 heavy (non-hydrogen) atoms. The van der Waals surface area contributed by atoms with Gasteiger partial charge < -0.3 is 15.5 Å². The van der Waals surface area contributed by atoms with Gasteiger partial charge in [-0.2, -0.15) is 0 Å². The molecule has 1 saturated carbocycles. The molecule has 1 aliphatic heterocycles. The number of carbonyl (C=O) groups excluding carboxylic acids is 3. The van der Waals surface area contributed by atoms with E-state index in [2.05, 4.69) is 41.5 Å². The summed E-state index contributed by atoms with van der Waals surface area (Å²) in [5.41, 5.74) is 1.78. The number of Topliss-reactive ketones (excluding diaryl/α,β-unsaturated/α-hetero) is 1. The fraction of sp³-hybridized carbons (Fsp3) is 0.381. The van der Waals surface area contributed by atoms with Crippen LogP contribution in [0.3, 0.4) is 0 Å². The number of ketones is 1. The first-order valence-electron chi connectivity index (χ1n) is 10.2. The third-order valence-electron chi connectivity index (χ3n) is 5.76. The van der Waals surface area contributed by atoms with Crippen LogP contribution < -0.4 is 16.0 Å². The predicted octanol–water partition coefficient (Wildman–Crippen LogP) is 0.120. The number of aromatic nitrogens is 3. The van der Waals surface area contributed by atoms with Crippen molar-refractivity contribution in [3.63, 3.8) is 0 Å². The summed E-state index contributed by atoms with van der Waals surface area (Å²) in [5.74, 6) is -0.0992. The number of anilines is 2. The van der Waals surface area contributed by atoms with Gasteiger partial charge in [0.05, 0.1) is 35.9 Å². The zero-order chi connectivity index (χ0) is 23.0. The van der Waals surface area contributed by atoms with Crippen LogP contribution in [0.15, 0.2) is 29.3 Å². The summed E-state index contributed by atoms with van der Waals surface area (Å²) in [6.45, 7) is 3.13. The Morgan fingerprint density at radius 2 is 2.06 bits per heavy atom. The number of likely N-dealkylation sites (tertiary alicyclic amines) is 1. The fourth-order valence-corrected chi connectivity index (χ4v) is 4.26. The van der Waals surface area contributed by atoms with Gasteiger partial charge in [-0.25, -0.2) is 4.98 Å². The molecule has 2 amide bonds. The van der Waals surface area contributed by atoms with Gasteiger partial charge in [-0.1, -0.05) is 0 Å². The Kier molecular flexibility index (Phi) is 6.00. The van der Waals surface area contributed by atoms with Crippen molar-refractivity contribution in [2.75, 3.05) is 17.2 Å². The van der Waals surface area contributed by atoms with Crippen molar-refractivity contribution in [2.45, 2.75) is 38.8 Å². The molecule has 3 atom stereocenters. The lowest BCUT2D eigenvalue weighted by molar-refractivity contribution is -0.136. The number of aryl methyl sites for hydroxylation is 1. The second kappa shape index (κ2) is 8.73. The van der Waals surface area contributed by atoms with Crippen molar-refractivity contribution >= 4 is 50.7 Å². The summed E-state index contributed by atoms with van der Waals surface area (Å²) in [5, 5.41) is 11.7. The van der Waals surface area contributed by atoms with Gasteiger partial charge in [0.25, 0.3) is 0 Å². The van der Waals surface area contributed by atoms with Crippen molar-refractivity contribution < 1.29 is 19.8 Å². The molecule has 0 aromatic carbocycles. The molecular weight excluding hydrogens is 478 g/mol. The van der Waals surface area contributed by atoms with Crippen molar-refractivity contribution in [1.82, 2.24) is 19.9 Å². The molecule has 2 aromatic heterocycles. The normalized spacial score (nSPS) is 21.0. The number of carbonyl (C=O) groups is 3. The van der Waals surface area contributed by atoms with Crippen molar-refractivity contribution in [3.05, 3.63) is 40.5 Å². The Morgan fingerprint density at radius 1 is 1.28 bits per heavy atom. The first-order chi connectivity index (χ1) is 15.3. The number of hydrogen-bond acceptors (Lipinski definition) is 7. The van der Waals surface area contributed by atoms with E-state index in [-0.39, 0.29) is 35.9 Å². The van der Waals surface area contributed by atoms with Crippen LogP contribution in [-0.2, 0) is 14.4 Å². The van der Waals surface area contributed by atoms with Crippen LogP contribution in [0.25, 0.3) is 0 Å². The molecule has 2 fully saturated rings. The van der Waals surface area contributed by atoms with E-state index in [0.29, 0.717) is 39.7 Å². The highest BCUT2D eigenvalue weighted by molar-refractivity contribution is 9.10. The van der Waals surface area contributed by atoms with E-state index in [0.717, 1.165) is 6.42 Å². The molecule has 1 aliphatic carbocycles. The molecule has 11 heteroatoms. The van der Waals surface area contributed by atoms with E-state index in [1.54, 1.807) is 17.9 Å². The number of nitrogens with zero attached hydrogens (tertiary/aromatic N) is 4. The Hall–Kier alpha value is -3.21. The molecule has 0 unspecified atom stereocenters. The molecule has 4 N–H and O–H groups in total. The quantitative estimate of drug-likeness (QED) is 0.458. The summed E-state index contributed by atoms with van der Waals surface area (Å²) in [7, 11) is 0. The zero-order valence-electron chi connectivity index (χ0n) is 17.6. The first kappa shape index (κ1) is 22.0. The van der Waals surface area contributed by atoms with Gasteiger partial charge in [-0.15, -0.1) is 0 Å². The Labute approximate surface area is 192 Å². The topological polar surface area (TPSA) is 143 Å². The molecule has 2 aliphatic rings. The largest absolute Gasteiger partial charge is 0.374 e. The number of piperidine rings is 1. The van der Waals surface area contributed by atoms with Gasteiger partial charge in [0.15, 0.2) is 5.82 Å². The average Bonchev–Trinajstić information content (AvgIpc) is 3.43. The summed E-state index contributed by atoms with van der Waals surface area (Å²) in [4.78, 5) is 51.8. The number of rotatable bonds is 7. The minimum atomic E-state index is -0.572. The van der Waals surface area contributed by atoms with Crippen molar-refractivity contribution in [2.24, 2.45) is 5.92 Å². The van der Waals surface area contributed by atoms with E-state index in [4.69, 9.17) is 5.41 Å². The van der Waals surface area contributed by atoms with Crippen molar-refractivity contribution in [1.29, 1.82) is 0 Å². The monoisotopic (exact) mass is 500 g/mol. The molecule has 10 nitrogen and oxygen atoms in total. The average molecular weight is 501 g/mol. The third-order valence-corrected chi connectivity index (χ3v) is 6.52. The maximum Gasteiger partial charge on any atom is 0.249 e. The molecular formula is C21H23BrN7O3+. The minimum absolute atomic E-state index is 0.0488. The highest BCUT2D eigenvalue weighted by atomic mass is 79.9. The van der Waals surface area contributed by atoms with Crippen molar-refractivity contribution in [3.8, 4) is 0 Å². The van der Waals surface area contributed by atoms with Gasteiger partial charge in [0, 0.05) is 19.2 Å². The van der Waals surface area contributed by atoms with Gasteiger partial charge in [-0.3, -0.25) is 29.8 Å². The number of amides is 2. The van der Waals surface area contributed by atoms with E-state index < -0.39 is 6.04 Å². The van der Waals surface area contributed by atoms with Crippen LogP contribution in [0.5, 0.6) is 0 Å². The SMILES string of the molecule is CC(=O)C(=[NH2+])c1ccncc1NCC(=O)N1[C@@H]2C[C@@H]2C[C@H]1C(=O)Nc1cnc(C)c(Br)n1. The molecule has 2 aromatic rings. The number of nitrogens with two attached hydrogens (primary N) is 1. The number of hydrogen-bond donors (Lipinski definition) is 3. The summed E-state index contributed by atoms with van der Waals surface area (Å²) < 4.78 is 0.551. The standard InChI is InChI=1S/C21H22BrN7O3/c1-10-20(22)27-17(8-25-10)28-21(32)16-6-12-5-15(12)29(16)18(31)9-26-14-7-24-4-3-13(14)19(23)11(2)30/h3-4,7-8,12,15-16,23,26H,5-6,9H2,1-2H3,(H,27,28,32)/p+1/t12-,15-,16+/m1/s1. The van der Waals surface area contributed by atoms with E-state index in [1.807, 2.05) is 0 Å². The number of fused-ring (bicyclic) bond motifs is 1. The molecule has 4 rings (SSSR count). The molecule has 0 bridgehead atoms. The molecule has 0 spiro atoms. The van der Waals surface area contributed by atoms with E-state index >= 15 is 0 Å². The highest BCUT2D eigenvalue weighted by Crippen LogP contribution is 2.48. The fourth-order valence-electron chi connectivity index (χ4n) is 3.97. The van der Waals surface area contributed by atoms with Crippen LogP contribution in [-0.4, -0.2) is 61.8 Å². The second-order valence-electron chi connectivity index (χ2n) is 7.98. The highest BCUT2D eigenvalue weighted by Gasteiger charge is 2.55. The number of nitrogens with one attached hydrogen (secondary N) is 2. The number of pyridine rings is 1. The maximum atomic E-state index is 13.1. The summed E-state index contributed by atoms with van der Waals surface area (Å²) >= 11 is 3.30. The van der Waals surface area contributed by atoms with Crippen LogP contribution >= 0.6 is 15.9 Å². The van der Waals surface area contributed by atoms with Crippen LogP contribution in [0.1, 0.15) is 31.0 Å². The van der Waals surface area contributed by atoms with Crippen LogP contribution in [0.2, 0.25) is 0 Å². The zero-order valence-corrected chi connectivity index (χ0v) is 19.2. The lowest BCUT2D eigenvalue weighted by Gasteiger charge is -2.27. The second-order valence-corrected chi connectivity index (χ2v) is 8.73. The number of halogens is 1. The van der Waals surface area contributed by atoms with E-state index in [9.17, 15) is 14.4 Å². The Bertz CT molecular complexity index is 1120. The Balaban J connectivity index is 1.44. The summed E-state index contributed by atoms with van der Waals surface area (Å²) in [6.07, 6.45) is 6.04. The smallest absolute Gasteiger partial charge is 0.249 e. The lowest BCUT2D eigenvalue weighted by atomic mass is 10.1. The molecule has 1 saturated heterocycles. The first-order valence-corrected chi connectivity index (χ1v) is 11.0. The molecule has 166 valence electrons. The van der Waals surface area contributed by atoms with Gasteiger partial charge in [0.1, 0.15) is 10.6 Å². The van der Waals surface area contributed by atoms with Crippen LogP contribution in [0.4, 0.5) is 11.5 Å². The molecule has 0 radical (unpaired) electrons. The van der Waals surface area contributed by atoms with Gasteiger partial charge in [-0.05, 0) is 47.7 Å².